The summed E-state index contributed by atoms with van der Waals surface area (Å²) in [4.78, 5) is 0. The number of hydrogen-bond acceptors (Lipinski definition) is 3. The largest absolute Gasteiger partial charge is 0.438 e. The van der Waals surface area contributed by atoms with Crippen LogP contribution in [0.4, 0.5) is 65.9 Å². The second-order valence-electron chi connectivity index (χ2n) is 5.74. The summed E-state index contributed by atoms with van der Waals surface area (Å²) >= 11 is 0. The fraction of sp³-hybridized carbons (Fsp3) is 1.00. The van der Waals surface area contributed by atoms with E-state index in [9.17, 15) is 74.3 Å². The second-order valence-corrected chi connectivity index (χ2v) is 7.21. The Hall–Kier alpha value is -1.18. The number of halogens is 15. The van der Waals surface area contributed by atoms with E-state index in [1.54, 1.807) is 0 Å². The van der Waals surface area contributed by atoms with Gasteiger partial charge in [0, 0.05) is 0 Å². The molecule has 1 atom stereocenters. The fourth-order valence-electron chi connectivity index (χ4n) is 1.78. The van der Waals surface area contributed by atoms with E-state index in [1.807, 2.05) is 0 Å². The molecule has 0 spiro atoms. The van der Waals surface area contributed by atoms with E-state index < -0.39 is 69.9 Å². The van der Waals surface area contributed by atoms with E-state index in [0.29, 0.717) is 0 Å². The van der Waals surface area contributed by atoms with Gasteiger partial charge in [-0.2, -0.15) is 69.9 Å². The Morgan fingerprint density at radius 1 is 0.677 bits per heavy atom. The maximum absolute atomic E-state index is 13.4. The molecule has 31 heavy (non-hydrogen) atoms. The maximum Gasteiger partial charge on any atom is 0.438 e. The summed E-state index contributed by atoms with van der Waals surface area (Å²) < 4.78 is 226. The quantitative estimate of drug-likeness (QED) is 0.289. The molecule has 1 unspecified atom stereocenters. The van der Waals surface area contributed by atoms with Crippen molar-refractivity contribution in [2.24, 2.45) is 0 Å². The molecule has 20 heteroatoms. The average Bonchev–Trinajstić information content (AvgIpc) is 2.52. The Morgan fingerprint density at radius 2 is 0.968 bits per heavy atom. The lowest BCUT2D eigenvalue weighted by molar-refractivity contribution is -0.439. The van der Waals surface area contributed by atoms with E-state index >= 15 is 0 Å². The molecule has 0 fully saturated rings. The third kappa shape index (κ3) is 4.13. The van der Waals surface area contributed by atoms with Gasteiger partial charge in [-0.05, 0) is 6.42 Å². The van der Waals surface area contributed by atoms with Crippen molar-refractivity contribution >= 4 is 10.1 Å². The van der Waals surface area contributed by atoms with Crippen molar-refractivity contribution in [2.45, 2.75) is 66.7 Å². The summed E-state index contributed by atoms with van der Waals surface area (Å²) in [5, 5.41) is -7.69. The van der Waals surface area contributed by atoms with Crippen LogP contribution in [0, 0.1) is 0 Å². The Labute approximate surface area is 163 Å². The third-order valence-corrected chi connectivity index (χ3v) is 4.53. The first-order valence-electron chi connectivity index (χ1n) is 6.99. The van der Waals surface area contributed by atoms with E-state index in [0.717, 1.165) is 6.92 Å². The highest BCUT2D eigenvalue weighted by Gasteiger charge is 2.94. The molecule has 0 aliphatic carbocycles. The van der Waals surface area contributed by atoms with Crippen molar-refractivity contribution in [1.29, 1.82) is 0 Å². The van der Waals surface area contributed by atoms with Crippen LogP contribution in [-0.2, 0) is 10.1 Å². The monoisotopic (exact) mass is 523 g/mol. The van der Waals surface area contributed by atoms with Crippen LogP contribution in [0.15, 0.2) is 0 Å². The molecular formula is C11H12F15NO3S. The molecule has 4 nitrogen and oxygen atoms in total. The van der Waals surface area contributed by atoms with Gasteiger partial charge in [0.05, 0.1) is 0 Å². The lowest BCUT2D eigenvalue weighted by atomic mass is 9.89. The standard InChI is InChI=1S/C11H9F15O3S.H3N/c1-2-3-4(12)5(13,14)6(15,16)7(17,18)8(19,20)9(21,22)10(23,24)11(25,26)30(27,28)29;/h4H,2-3H2,1H3,(H,27,28,29);1H3. The van der Waals surface area contributed by atoms with Gasteiger partial charge in [-0.25, -0.2) is 4.39 Å². The number of alkyl halides is 15. The SMILES string of the molecule is CCCC(F)C(F)(F)C(F)(F)C(F)(F)C(F)(F)C(F)(F)C(F)(F)C(F)(F)S(=O)(=O)O.N. The Balaban J connectivity index is 0. The molecule has 0 aromatic heterocycles. The number of hydrogen-bond donors (Lipinski definition) is 2. The predicted octanol–water partition coefficient (Wildman–Crippen LogP) is 5.58. The van der Waals surface area contributed by atoms with E-state index in [1.165, 1.54) is 0 Å². The van der Waals surface area contributed by atoms with E-state index in [4.69, 9.17) is 4.55 Å². The van der Waals surface area contributed by atoms with Crippen molar-refractivity contribution in [3.05, 3.63) is 0 Å². The predicted molar refractivity (Wildman–Crippen MR) is 71.0 cm³/mol. The molecule has 0 saturated heterocycles. The summed E-state index contributed by atoms with van der Waals surface area (Å²) in [6.45, 7) is 0.791. The van der Waals surface area contributed by atoms with Gasteiger partial charge in [0.1, 0.15) is 0 Å². The molecule has 0 bridgehead atoms. The lowest BCUT2D eigenvalue weighted by Crippen LogP contribution is -2.74. The van der Waals surface area contributed by atoms with Crippen molar-refractivity contribution < 1.29 is 78.8 Å². The zero-order chi connectivity index (χ0) is 25.0. The van der Waals surface area contributed by atoms with Gasteiger partial charge < -0.3 is 6.15 Å². The minimum Gasteiger partial charge on any atom is -0.344 e. The maximum atomic E-state index is 13.4. The first-order chi connectivity index (χ1) is 12.7. The molecular weight excluding hydrogens is 511 g/mol. The molecule has 4 N–H and O–H groups in total. The summed E-state index contributed by atoms with van der Waals surface area (Å²) in [5.74, 6) is -48.5. The van der Waals surface area contributed by atoms with Gasteiger partial charge in [-0.3, -0.25) is 4.55 Å². The van der Waals surface area contributed by atoms with Crippen molar-refractivity contribution in [2.75, 3.05) is 0 Å². The van der Waals surface area contributed by atoms with Gasteiger partial charge >= 0.3 is 50.9 Å². The van der Waals surface area contributed by atoms with E-state index in [-0.39, 0.29) is 6.15 Å². The van der Waals surface area contributed by atoms with Crippen LogP contribution in [0.25, 0.3) is 0 Å². The Bertz CT molecular complexity index is 736. The molecule has 0 heterocycles. The first kappa shape index (κ1) is 32.0. The molecule has 0 saturated carbocycles. The molecule has 0 aliphatic heterocycles. The van der Waals surface area contributed by atoms with Crippen LogP contribution in [0.3, 0.4) is 0 Å². The minimum absolute atomic E-state index is 0. The van der Waals surface area contributed by atoms with Gasteiger partial charge in [-0.15, -0.1) is 0 Å². The Kier molecular flexibility index (Phi) is 8.57. The first-order valence-corrected chi connectivity index (χ1v) is 8.43. The van der Waals surface area contributed by atoms with Crippen LogP contribution in [0.1, 0.15) is 19.8 Å². The highest BCUT2D eigenvalue weighted by atomic mass is 32.2. The summed E-state index contributed by atoms with van der Waals surface area (Å²) in [6, 6.07) is 0. The highest BCUT2D eigenvalue weighted by Crippen LogP contribution is 2.63. The summed E-state index contributed by atoms with van der Waals surface area (Å²) in [5.41, 5.74) is 0. The third-order valence-electron chi connectivity index (χ3n) is 3.62. The molecule has 0 aromatic carbocycles. The van der Waals surface area contributed by atoms with Crippen molar-refractivity contribution in [3.63, 3.8) is 0 Å². The molecule has 0 aromatic rings. The highest BCUT2D eigenvalue weighted by molar-refractivity contribution is 7.87. The minimum atomic E-state index is -8.55. The Morgan fingerprint density at radius 3 is 1.26 bits per heavy atom. The fourth-order valence-corrected chi connectivity index (χ4v) is 2.23. The van der Waals surface area contributed by atoms with Crippen LogP contribution in [0.5, 0.6) is 0 Å². The van der Waals surface area contributed by atoms with Crippen LogP contribution < -0.4 is 6.15 Å². The van der Waals surface area contributed by atoms with Crippen LogP contribution >= 0.6 is 0 Å². The average molecular weight is 523 g/mol. The molecule has 0 rings (SSSR count). The molecule has 190 valence electrons. The van der Waals surface area contributed by atoms with Crippen molar-refractivity contribution in [1.82, 2.24) is 6.15 Å². The van der Waals surface area contributed by atoms with Crippen LogP contribution in [0.2, 0.25) is 0 Å². The summed E-state index contributed by atoms with van der Waals surface area (Å²) in [7, 11) is -7.77. The van der Waals surface area contributed by atoms with Gasteiger partial charge in [-0.1, -0.05) is 13.3 Å². The zero-order valence-corrected chi connectivity index (χ0v) is 15.4. The zero-order valence-electron chi connectivity index (χ0n) is 14.5. The molecule has 0 aliphatic rings. The molecule has 0 amide bonds. The summed E-state index contributed by atoms with van der Waals surface area (Å²) in [6.07, 6.45) is -6.96. The number of rotatable bonds is 10. The normalized spacial score (nSPS) is 16.7. The molecule has 0 radical (unpaired) electrons. The topological polar surface area (TPSA) is 89.4 Å². The second kappa shape index (κ2) is 8.31. The van der Waals surface area contributed by atoms with Gasteiger partial charge in [0.2, 0.25) is 0 Å². The lowest BCUT2D eigenvalue weighted by Gasteiger charge is -2.42. The van der Waals surface area contributed by atoms with E-state index in [2.05, 4.69) is 0 Å². The van der Waals surface area contributed by atoms with Gasteiger partial charge in [0.25, 0.3) is 0 Å². The smallest absolute Gasteiger partial charge is 0.344 e. The van der Waals surface area contributed by atoms with Crippen LogP contribution in [-0.4, -0.2) is 59.9 Å². The van der Waals surface area contributed by atoms with Crippen molar-refractivity contribution in [3.8, 4) is 0 Å². The van der Waals surface area contributed by atoms with Gasteiger partial charge in [0.15, 0.2) is 6.17 Å².